The Balaban J connectivity index is 2.65. The molecule has 0 unspecified atom stereocenters. The summed E-state index contributed by atoms with van der Waals surface area (Å²) in [7, 11) is -3.34. The van der Waals surface area contributed by atoms with E-state index in [1.165, 1.54) is 0 Å². The lowest BCUT2D eigenvalue weighted by molar-refractivity contribution is 0.578. The van der Waals surface area contributed by atoms with Crippen LogP contribution in [0.15, 0.2) is 29.2 Å². The molecule has 0 saturated carbocycles. The minimum atomic E-state index is -3.34. The van der Waals surface area contributed by atoms with Gasteiger partial charge in [-0.2, -0.15) is 0 Å². The van der Waals surface area contributed by atoms with Crippen molar-refractivity contribution >= 4 is 10.0 Å². The van der Waals surface area contributed by atoms with Gasteiger partial charge in [-0.1, -0.05) is 32.4 Å². The second kappa shape index (κ2) is 7.51. The SMILES string of the molecule is CCCCNS(=O)(=O)c1ccc(CNCC)cc1. The largest absolute Gasteiger partial charge is 0.313 e. The van der Waals surface area contributed by atoms with Crippen molar-refractivity contribution in [3.8, 4) is 0 Å². The molecule has 1 aromatic rings. The Morgan fingerprint density at radius 3 is 2.33 bits per heavy atom. The van der Waals surface area contributed by atoms with E-state index in [9.17, 15) is 8.42 Å². The summed E-state index contributed by atoms with van der Waals surface area (Å²) in [6.07, 6.45) is 1.84. The quantitative estimate of drug-likeness (QED) is 0.709. The molecule has 0 radical (unpaired) electrons. The molecule has 1 aromatic carbocycles. The van der Waals surface area contributed by atoms with Gasteiger partial charge in [-0.15, -0.1) is 0 Å². The number of hydrogen-bond donors (Lipinski definition) is 2. The third-order valence-electron chi connectivity index (χ3n) is 2.64. The van der Waals surface area contributed by atoms with Gasteiger partial charge in [0.15, 0.2) is 0 Å². The van der Waals surface area contributed by atoms with Gasteiger partial charge in [0.2, 0.25) is 10.0 Å². The lowest BCUT2D eigenvalue weighted by atomic mass is 10.2. The molecule has 102 valence electrons. The molecule has 0 saturated heterocycles. The molecule has 0 atom stereocenters. The smallest absolute Gasteiger partial charge is 0.240 e. The maximum Gasteiger partial charge on any atom is 0.240 e. The maximum absolute atomic E-state index is 11.9. The monoisotopic (exact) mass is 270 g/mol. The van der Waals surface area contributed by atoms with Crippen LogP contribution in [0.2, 0.25) is 0 Å². The first-order valence-corrected chi connectivity index (χ1v) is 7.87. The minimum Gasteiger partial charge on any atom is -0.313 e. The van der Waals surface area contributed by atoms with Gasteiger partial charge in [0, 0.05) is 13.1 Å². The van der Waals surface area contributed by atoms with Crippen molar-refractivity contribution in [2.75, 3.05) is 13.1 Å². The summed E-state index contributed by atoms with van der Waals surface area (Å²) in [6.45, 7) is 6.23. The fourth-order valence-electron chi connectivity index (χ4n) is 1.52. The Bertz CT molecular complexity index is 441. The summed E-state index contributed by atoms with van der Waals surface area (Å²) in [5, 5.41) is 3.20. The van der Waals surface area contributed by atoms with Crippen LogP contribution in [-0.4, -0.2) is 21.5 Å². The highest BCUT2D eigenvalue weighted by Crippen LogP contribution is 2.10. The van der Waals surface area contributed by atoms with Crippen LogP contribution in [-0.2, 0) is 16.6 Å². The molecule has 1 rings (SSSR count). The molecule has 18 heavy (non-hydrogen) atoms. The van der Waals surface area contributed by atoms with Gasteiger partial charge in [0.25, 0.3) is 0 Å². The molecular weight excluding hydrogens is 248 g/mol. The molecule has 0 aliphatic rings. The molecule has 0 aliphatic carbocycles. The van der Waals surface area contributed by atoms with Crippen LogP contribution in [0.25, 0.3) is 0 Å². The molecular formula is C13H22N2O2S. The third-order valence-corrected chi connectivity index (χ3v) is 4.11. The zero-order chi connectivity index (χ0) is 13.4. The van der Waals surface area contributed by atoms with Crippen molar-refractivity contribution in [2.45, 2.75) is 38.1 Å². The van der Waals surface area contributed by atoms with Crippen molar-refractivity contribution in [3.63, 3.8) is 0 Å². The average molecular weight is 270 g/mol. The number of benzene rings is 1. The molecule has 0 heterocycles. The number of nitrogens with one attached hydrogen (secondary N) is 2. The molecule has 0 fully saturated rings. The van der Waals surface area contributed by atoms with E-state index in [2.05, 4.69) is 10.0 Å². The molecule has 2 N–H and O–H groups in total. The van der Waals surface area contributed by atoms with Crippen molar-refractivity contribution in [1.82, 2.24) is 10.0 Å². The van der Waals surface area contributed by atoms with E-state index in [1.54, 1.807) is 12.1 Å². The summed E-state index contributed by atoms with van der Waals surface area (Å²) in [6, 6.07) is 7.00. The fourth-order valence-corrected chi connectivity index (χ4v) is 2.60. The third kappa shape index (κ3) is 4.76. The molecule has 4 nitrogen and oxygen atoms in total. The zero-order valence-corrected chi connectivity index (χ0v) is 11.9. The highest BCUT2D eigenvalue weighted by atomic mass is 32.2. The zero-order valence-electron chi connectivity index (χ0n) is 11.1. The Hall–Kier alpha value is -0.910. The van der Waals surface area contributed by atoms with E-state index < -0.39 is 10.0 Å². The molecule has 0 aliphatic heterocycles. The van der Waals surface area contributed by atoms with E-state index >= 15 is 0 Å². The summed E-state index contributed by atoms with van der Waals surface area (Å²) >= 11 is 0. The van der Waals surface area contributed by atoms with Crippen molar-refractivity contribution in [2.24, 2.45) is 0 Å². The number of sulfonamides is 1. The van der Waals surface area contributed by atoms with Gasteiger partial charge in [-0.3, -0.25) is 0 Å². The number of rotatable bonds is 8. The highest BCUT2D eigenvalue weighted by Gasteiger charge is 2.12. The van der Waals surface area contributed by atoms with Crippen LogP contribution in [0.5, 0.6) is 0 Å². The summed E-state index contributed by atoms with van der Waals surface area (Å²) in [5.41, 5.74) is 1.09. The predicted octanol–water partition coefficient (Wildman–Crippen LogP) is 1.87. The van der Waals surface area contributed by atoms with Gasteiger partial charge < -0.3 is 5.32 Å². The predicted molar refractivity (Wildman–Crippen MR) is 73.9 cm³/mol. The van der Waals surface area contributed by atoms with Crippen LogP contribution in [0.1, 0.15) is 32.3 Å². The second-order valence-electron chi connectivity index (χ2n) is 4.18. The van der Waals surface area contributed by atoms with E-state index in [0.717, 1.165) is 31.5 Å². The second-order valence-corrected chi connectivity index (χ2v) is 5.94. The molecule has 5 heteroatoms. The summed E-state index contributed by atoms with van der Waals surface area (Å²) in [4.78, 5) is 0.332. The van der Waals surface area contributed by atoms with Crippen molar-refractivity contribution in [3.05, 3.63) is 29.8 Å². The highest BCUT2D eigenvalue weighted by molar-refractivity contribution is 7.89. The topological polar surface area (TPSA) is 58.2 Å². The molecule has 0 aromatic heterocycles. The minimum absolute atomic E-state index is 0.332. The summed E-state index contributed by atoms with van der Waals surface area (Å²) < 4.78 is 26.4. The van der Waals surface area contributed by atoms with Gasteiger partial charge in [-0.05, 0) is 30.7 Å². The Labute approximate surface area is 110 Å². The van der Waals surface area contributed by atoms with Crippen LogP contribution < -0.4 is 10.0 Å². The Kier molecular flexibility index (Phi) is 6.32. The number of unbranched alkanes of at least 4 members (excludes halogenated alkanes) is 1. The Morgan fingerprint density at radius 1 is 1.11 bits per heavy atom. The number of hydrogen-bond acceptors (Lipinski definition) is 3. The Morgan fingerprint density at radius 2 is 1.78 bits per heavy atom. The van der Waals surface area contributed by atoms with Gasteiger partial charge in [0.1, 0.15) is 0 Å². The lowest BCUT2D eigenvalue weighted by Gasteiger charge is -2.07. The van der Waals surface area contributed by atoms with Gasteiger partial charge >= 0.3 is 0 Å². The van der Waals surface area contributed by atoms with E-state index in [0.29, 0.717) is 11.4 Å². The molecule has 0 spiro atoms. The first kappa shape index (κ1) is 15.1. The van der Waals surface area contributed by atoms with E-state index in [1.807, 2.05) is 26.0 Å². The van der Waals surface area contributed by atoms with Gasteiger partial charge in [-0.25, -0.2) is 13.1 Å². The van der Waals surface area contributed by atoms with Crippen LogP contribution >= 0.6 is 0 Å². The normalized spacial score (nSPS) is 11.7. The van der Waals surface area contributed by atoms with Crippen LogP contribution in [0, 0.1) is 0 Å². The fraction of sp³-hybridized carbons (Fsp3) is 0.538. The first-order valence-electron chi connectivity index (χ1n) is 6.39. The summed E-state index contributed by atoms with van der Waals surface area (Å²) in [5.74, 6) is 0. The van der Waals surface area contributed by atoms with Crippen LogP contribution in [0.3, 0.4) is 0 Å². The molecule has 0 bridgehead atoms. The van der Waals surface area contributed by atoms with E-state index in [-0.39, 0.29) is 0 Å². The maximum atomic E-state index is 11.9. The van der Waals surface area contributed by atoms with Crippen molar-refractivity contribution in [1.29, 1.82) is 0 Å². The standard InChI is InChI=1S/C13H22N2O2S/c1-3-5-10-15-18(16,17)13-8-6-12(7-9-13)11-14-4-2/h6-9,14-15H,3-5,10-11H2,1-2H3. The van der Waals surface area contributed by atoms with E-state index in [4.69, 9.17) is 0 Å². The first-order chi connectivity index (χ1) is 8.60. The van der Waals surface area contributed by atoms with Gasteiger partial charge in [0.05, 0.1) is 4.90 Å². The lowest BCUT2D eigenvalue weighted by Crippen LogP contribution is -2.24. The van der Waals surface area contributed by atoms with Crippen molar-refractivity contribution < 1.29 is 8.42 Å². The molecule has 0 amide bonds. The van der Waals surface area contributed by atoms with Crippen LogP contribution in [0.4, 0.5) is 0 Å². The average Bonchev–Trinajstić information content (AvgIpc) is 2.37.